The summed E-state index contributed by atoms with van der Waals surface area (Å²) in [4.78, 5) is 40.2. The number of anilines is 2. The number of amides is 2. The molecule has 9 heteroatoms. The van der Waals surface area contributed by atoms with Gasteiger partial charge in [-0.25, -0.2) is 0 Å². The molecule has 1 N–H and O–H groups in total. The van der Waals surface area contributed by atoms with Crippen molar-refractivity contribution in [2.24, 2.45) is 5.41 Å². The lowest BCUT2D eigenvalue weighted by atomic mass is 9.89. The number of carboxylic acid groups (broad SMARTS) is 1. The number of hydrogen-bond acceptors (Lipinski definition) is 4. The Morgan fingerprint density at radius 1 is 1.05 bits per heavy atom. The van der Waals surface area contributed by atoms with Crippen LogP contribution in [0.25, 0.3) is 0 Å². The molecule has 1 heterocycles. The van der Waals surface area contributed by atoms with Gasteiger partial charge in [0.2, 0.25) is 5.91 Å². The van der Waals surface area contributed by atoms with Crippen LogP contribution >= 0.6 is 23.2 Å². The summed E-state index contributed by atoms with van der Waals surface area (Å²) >= 11 is 13.2. The third-order valence-corrected chi connectivity index (χ3v) is 7.78. The second kappa shape index (κ2) is 11.5. The number of benzene rings is 3. The van der Waals surface area contributed by atoms with Crippen molar-refractivity contribution in [2.45, 2.75) is 51.6 Å². The zero-order chi connectivity index (χ0) is 29.2. The molecule has 0 aromatic heterocycles. The predicted octanol–water partition coefficient (Wildman–Crippen LogP) is 7.32. The number of halogens is 2. The molecule has 2 amide bonds. The summed E-state index contributed by atoms with van der Waals surface area (Å²) in [7, 11) is 0. The smallest absolute Gasteiger partial charge is 0.309 e. The molecule has 0 spiro atoms. The van der Waals surface area contributed by atoms with Gasteiger partial charge < -0.3 is 14.7 Å². The largest absolute Gasteiger partial charge is 0.494 e. The third-order valence-electron chi connectivity index (χ3n) is 7.20. The molecule has 0 unspecified atom stereocenters. The molecule has 3 aromatic carbocycles. The maximum atomic E-state index is 13.9. The van der Waals surface area contributed by atoms with Crippen LogP contribution in [-0.4, -0.2) is 34.5 Å². The van der Waals surface area contributed by atoms with E-state index in [0.29, 0.717) is 40.6 Å². The van der Waals surface area contributed by atoms with Gasteiger partial charge in [0.15, 0.2) is 0 Å². The lowest BCUT2D eigenvalue weighted by Gasteiger charge is -2.47. The van der Waals surface area contributed by atoms with Crippen molar-refractivity contribution < 1.29 is 24.2 Å². The van der Waals surface area contributed by atoms with Gasteiger partial charge in [-0.1, -0.05) is 41.4 Å². The summed E-state index contributed by atoms with van der Waals surface area (Å²) in [5.74, 6) is -0.796. The minimum Gasteiger partial charge on any atom is -0.494 e. The predicted molar refractivity (Wildman–Crippen MR) is 157 cm³/mol. The van der Waals surface area contributed by atoms with Crippen LogP contribution in [0, 0.1) is 5.41 Å². The van der Waals surface area contributed by atoms with Crippen molar-refractivity contribution >= 4 is 52.4 Å². The fourth-order valence-corrected chi connectivity index (χ4v) is 5.31. The Kier molecular flexibility index (Phi) is 8.47. The zero-order valence-electron chi connectivity index (χ0n) is 22.9. The van der Waals surface area contributed by atoms with Crippen molar-refractivity contribution in [1.29, 1.82) is 0 Å². The number of fused-ring (bicyclic) bond motifs is 1. The molecule has 0 saturated heterocycles. The Labute approximate surface area is 244 Å². The molecular formula is C31H32Cl2N2O5. The first-order chi connectivity index (χ1) is 18.8. The van der Waals surface area contributed by atoms with Crippen LogP contribution in [0.2, 0.25) is 5.02 Å². The number of carboxylic acids is 1. The molecule has 0 saturated carbocycles. The molecule has 0 fully saturated rings. The quantitative estimate of drug-likeness (QED) is 0.222. The van der Waals surface area contributed by atoms with Crippen LogP contribution in [-0.2, 0) is 9.59 Å². The van der Waals surface area contributed by atoms with E-state index < -0.39 is 22.4 Å². The van der Waals surface area contributed by atoms with E-state index in [1.807, 2.05) is 24.3 Å². The van der Waals surface area contributed by atoms with Gasteiger partial charge in [0.1, 0.15) is 10.7 Å². The van der Waals surface area contributed by atoms with E-state index in [9.17, 15) is 19.5 Å². The number of alkyl halides is 1. The molecule has 2 atom stereocenters. The molecule has 210 valence electrons. The average molecular weight is 584 g/mol. The highest BCUT2D eigenvalue weighted by molar-refractivity contribution is 6.30. The van der Waals surface area contributed by atoms with Crippen LogP contribution in [0.3, 0.4) is 0 Å². The number of aliphatic carboxylic acids is 1. The highest BCUT2D eigenvalue weighted by atomic mass is 35.5. The number of rotatable bonds is 8. The minimum atomic E-state index is -1.15. The van der Waals surface area contributed by atoms with Gasteiger partial charge in [-0.05, 0) is 87.4 Å². The normalized spacial score (nSPS) is 18.6. The Morgan fingerprint density at radius 3 is 2.27 bits per heavy atom. The second-order valence-corrected chi connectivity index (χ2v) is 12.0. The molecule has 0 radical (unpaired) electrons. The summed E-state index contributed by atoms with van der Waals surface area (Å²) in [6.07, 6.45) is 0.632. The van der Waals surface area contributed by atoms with Crippen LogP contribution in [0.1, 0.15) is 62.5 Å². The van der Waals surface area contributed by atoms with Gasteiger partial charge in [-0.15, -0.1) is 0 Å². The number of para-hydroxylation sites is 1. The first-order valence-electron chi connectivity index (χ1n) is 13.0. The van der Waals surface area contributed by atoms with Gasteiger partial charge >= 0.3 is 5.97 Å². The summed E-state index contributed by atoms with van der Waals surface area (Å²) in [6, 6.07) is 20.8. The average Bonchev–Trinajstić information content (AvgIpc) is 2.89. The Morgan fingerprint density at radius 2 is 1.68 bits per heavy atom. The van der Waals surface area contributed by atoms with Crippen LogP contribution in [0.5, 0.6) is 5.75 Å². The highest BCUT2D eigenvalue weighted by Crippen LogP contribution is 2.48. The monoisotopic (exact) mass is 582 g/mol. The molecule has 4 rings (SSSR count). The van der Waals surface area contributed by atoms with E-state index in [2.05, 4.69) is 0 Å². The summed E-state index contributed by atoms with van der Waals surface area (Å²) in [5.41, 5.74) is 1.63. The molecule has 1 aliphatic heterocycles. The third kappa shape index (κ3) is 6.11. The first-order valence-corrected chi connectivity index (χ1v) is 13.7. The number of ether oxygens (including phenoxy) is 1. The van der Waals surface area contributed by atoms with Gasteiger partial charge in [0.05, 0.1) is 23.8 Å². The molecule has 1 aliphatic rings. The van der Waals surface area contributed by atoms with Gasteiger partial charge in [-0.3, -0.25) is 19.3 Å². The van der Waals surface area contributed by atoms with E-state index in [-0.39, 0.29) is 18.4 Å². The SMILES string of the molecule is CC(=O)N(c1ccc(Cl)cc1)[C@@H]1C[C@](C)(Cl)N(C(=O)c2ccc(OCCC(C)(C)C(=O)O)cc2)c2ccccc21. The van der Waals surface area contributed by atoms with Crippen molar-refractivity contribution in [2.75, 3.05) is 16.4 Å². The van der Waals surface area contributed by atoms with E-state index in [4.69, 9.17) is 27.9 Å². The minimum absolute atomic E-state index is 0.156. The highest BCUT2D eigenvalue weighted by Gasteiger charge is 2.46. The summed E-state index contributed by atoms with van der Waals surface area (Å²) in [6.45, 7) is 6.81. The van der Waals surface area contributed by atoms with Gasteiger partial charge in [-0.2, -0.15) is 0 Å². The van der Waals surface area contributed by atoms with Crippen molar-refractivity contribution in [3.63, 3.8) is 0 Å². The van der Waals surface area contributed by atoms with Crippen molar-refractivity contribution in [3.8, 4) is 5.75 Å². The Hall–Kier alpha value is -3.55. The Bertz CT molecular complexity index is 1400. The van der Waals surface area contributed by atoms with Crippen molar-refractivity contribution in [1.82, 2.24) is 0 Å². The lowest BCUT2D eigenvalue weighted by Crippen LogP contribution is -2.53. The maximum Gasteiger partial charge on any atom is 0.309 e. The van der Waals surface area contributed by atoms with Gasteiger partial charge in [0, 0.05) is 29.6 Å². The van der Waals surface area contributed by atoms with Gasteiger partial charge in [0.25, 0.3) is 5.91 Å². The number of carbonyl (C=O) groups excluding carboxylic acids is 2. The molecule has 40 heavy (non-hydrogen) atoms. The molecular weight excluding hydrogens is 551 g/mol. The van der Waals surface area contributed by atoms with E-state index in [1.165, 1.54) is 6.92 Å². The second-order valence-electron chi connectivity index (χ2n) is 10.7. The standard InChI is InChI=1S/C31H32Cl2N2O5/c1-20(36)34(23-13-11-22(32)12-14-23)27-19-31(4,33)35(26-8-6-5-7-25(26)27)28(37)21-9-15-24(16-10-21)40-18-17-30(2,3)29(38)39/h5-16,27H,17-19H2,1-4H3,(H,38,39)/t27-,31-/m1/s1. The molecule has 0 bridgehead atoms. The maximum absolute atomic E-state index is 13.9. The van der Waals surface area contributed by atoms with Crippen LogP contribution in [0.15, 0.2) is 72.8 Å². The number of nitrogens with zero attached hydrogens (tertiary/aromatic N) is 2. The summed E-state index contributed by atoms with van der Waals surface area (Å²) in [5, 5.41) is 9.85. The molecule has 7 nitrogen and oxygen atoms in total. The molecule has 3 aromatic rings. The number of hydrogen-bond donors (Lipinski definition) is 1. The first kappa shape index (κ1) is 29.4. The topological polar surface area (TPSA) is 87.2 Å². The molecule has 0 aliphatic carbocycles. The zero-order valence-corrected chi connectivity index (χ0v) is 24.4. The van der Waals surface area contributed by atoms with Crippen molar-refractivity contribution in [3.05, 3.63) is 88.9 Å². The fraction of sp³-hybridized carbons (Fsp3) is 0.323. The Balaban J connectivity index is 1.61. The van der Waals surface area contributed by atoms with Crippen LogP contribution < -0.4 is 14.5 Å². The van der Waals surface area contributed by atoms with E-state index >= 15 is 0 Å². The van der Waals surface area contributed by atoms with E-state index in [0.717, 1.165) is 5.56 Å². The summed E-state index contributed by atoms with van der Waals surface area (Å²) < 4.78 is 5.72. The van der Waals surface area contributed by atoms with Crippen LogP contribution in [0.4, 0.5) is 11.4 Å². The fourth-order valence-electron chi connectivity index (χ4n) is 4.87. The lowest BCUT2D eigenvalue weighted by molar-refractivity contribution is -0.147. The number of carbonyl (C=O) groups is 3. The van der Waals surface area contributed by atoms with E-state index in [1.54, 1.807) is 79.1 Å².